The Morgan fingerprint density at radius 2 is 1.71 bits per heavy atom. The minimum absolute atomic E-state index is 0.130. The summed E-state index contributed by atoms with van der Waals surface area (Å²) in [4.78, 5) is 11.7. The van der Waals surface area contributed by atoms with E-state index in [0.717, 1.165) is 18.4 Å². The summed E-state index contributed by atoms with van der Waals surface area (Å²) < 4.78 is 21.8. The van der Waals surface area contributed by atoms with Crippen molar-refractivity contribution in [2.24, 2.45) is 0 Å². The number of sulfone groups is 1. The first kappa shape index (κ1) is 13.9. The Labute approximate surface area is 103 Å². The van der Waals surface area contributed by atoms with Gasteiger partial charge in [-0.05, 0) is 12.8 Å². The van der Waals surface area contributed by atoms with Crippen molar-refractivity contribution in [2.45, 2.75) is 25.7 Å². The van der Waals surface area contributed by atoms with Crippen LogP contribution in [-0.4, -0.2) is 26.2 Å². The van der Waals surface area contributed by atoms with E-state index in [1.807, 2.05) is 18.2 Å². The Balaban J connectivity index is 2.22. The lowest BCUT2D eigenvalue weighted by Crippen LogP contribution is -2.03. The number of carbonyl (C=O) groups excluding carboxylic acids is 1. The molecular weight excluding hydrogens is 236 g/mol. The van der Waals surface area contributed by atoms with Crippen molar-refractivity contribution in [3.05, 3.63) is 35.9 Å². The predicted molar refractivity (Wildman–Crippen MR) is 69.0 cm³/mol. The van der Waals surface area contributed by atoms with Crippen LogP contribution in [-0.2, 0) is 9.84 Å². The molecule has 1 rings (SSSR count). The summed E-state index contributed by atoms with van der Waals surface area (Å²) in [6.07, 6.45) is 3.91. The summed E-state index contributed by atoms with van der Waals surface area (Å²) in [6.45, 7) is 0. The van der Waals surface area contributed by atoms with Gasteiger partial charge in [0.05, 0.1) is 0 Å². The molecule has 0 heterocycles. The lowest BCUT2D eigenvalue weighted by atomic mass is 10.1. The maximum atomic E-state index is 11.7. The molecule has 0 bridgehead atoms. The van der Waals surface area contributed by atoms with Gasteiger partial charge >= 0.3 is 0 Å². The molecule has 0 aliphatic rings. The van der Waals surface area contributed by atoms with Crippen LogP contribution in [0, 0.1) is 0 Å². The normalized spacial score (nSPS) is 11.4. The van der Waals surface area contributed by atoms with Crippen LogP contribution in [0.2, 0.25) is 0 Å². The molecule has 3 nitrogen and oxygen atoms in total. The van der Waals surface area contributed by atoms with Gasteiger partial charge in [-0.25, -0.2) is 8.42 Å². The fraction of sp³-hybridized carbons (Fsp3) is 0.462. The Morgan fingerprint density at radius 1 is 1.06 bits per heavy atom. The maximum Gasteiger partial charge on any atom is 0.162 e. The highest BCUT2D eigenvalue weighted by Gasteiger charge is 2.05. The van der Waals surface area contributed by atoms with Crippen molar-refractivity contribution >= 4 is 15.6 Å². The molecule has 4 heteroatoms. The zero-order chi connectivity index (χ0) is 12.7. The molecule has 0 saturated heterocycles. The van der Waals surface area contributed by atoms with E-state index in [1.165, 1.54) is 6.26 Å². The van der Waals surface area contributed by atoms with Crippen LogP contribution in [0.4, 0.5) is 0 Å². The average Bonchev–Trinajstić information content (AvgIpc) is 2.28. The highest BCUT2D eigenvalue weighted by molar-refractivity contribution is 7.90. The fourth-order valence-electron chi connectivity index (χ4n) is 1.59. The van der Waals surface area contributed by atoms with Gasteiger partial charge in [0.2, 0.25) is 0 Å². The summed E-state index contributed by atoms with van der Waals surface area (Å²) >= 11 is 0. The van der Waals surface area contributed by atoms with E-state index in [2.05, 4.69) is 0 Å². The zero-order valence-electron chi connectivity index (χ0n) is 10.1. The largest absolute Gasteiger partial charge is 0.294 e. The van der Waals surface area contributed by atoms with Gasteiger partial charge in [0, 0.05) is 24.0 Å². The van der Waals surface area contributed by atoms with Crippen molar-refractivity contribution in [2.75, 3.05) is 12.0 Å². The number of benzene rings is 1. The summed E-state index contributed by atoms with van der Waals surface area (Å²) in [5, 5.41) is 0. The van der Waals surface area contributed by atoms with Crippen molar-refractivity contribution in [1.29, 1.82) is 0 Å². The Morgan fingerprint density at radius 3 is 2.29 bits per heavy atom. The van der Waals surface area contributed by atoms with Crippen molar-refractivity contribution in [3.8, 4) is 0 Å². The first-order valence-electron chi connectivity index (χ1n) is 5.75. The topological polar surface area (TPSA) is 51.2 Å². The van der Waals surface area contributed by atoms with Gasteiger partial charge in [0.1, 0.15) is 9.84 Å². The van der Waals surface area contributed by atoms with E-state index in [4.69, 9.17) is 0 Å². The van der Waals surface area contributed by atoms with Crippen LogP contribution >= 0.6 is 0 Å². The minimum Gasteiger partial charge on any atom is -0.294 e. The highest BCUT2D eigenvalue weighted by atomic mass is 32.2. The molecule has 1 aromatic rings. The maximum absolute atomic E-state index is 11.7. The third-order valence-electron chi connectivity index (χ3n) is 2.51. The van der Waals surface area contributed by atoms with Gasteiger partial charge in [0.25, 0.3) is 0 Å². The standard InChI is InChI=1S/C13H18O3S/c1-17(15,16)11-7-3-6-10-13(14)12-8-4-2-5-9-12/h2,4-5,8-9H,3,6-7,10-11H2,1H3. The molecule has 0 radical (unpaired) electrons. The Kier molecular flexibility index (Phi) is 5.35. The molecule has 0 unspecified atom stereocenters. The smallest absolute Gasteiger partial charge is 0.162 e. The average molecular weight is 254 g/mol. The van der Waals surface area contributed by atoms with Gasteiger partial charge in [0.15, 0.2) is 5.78 Å². The van der Waals surface area contributed by atoms with E-state index in [1.54, 1.807) is 12.1 Å². The van der Waals surface area contributed by atoms with Crippen LogP contribution in [0.3, 0.4) is 0 Å². The second kappa shape index (κ2) is 6.55. The predicted octanol–water partition coefficient (Wildman–Crippen LogP) is 2.47. The molecule has 0 spiro atoms. The summed E-state index contributed by atoms with van der Waals surface area (Å²) in [5.74, 6) is 0.344. The van der Waals surface area contributed by atoms with Crippen LogP contribution < -0.4 is 0 Å². The lowest BCUT2D eigenvalue weighted by molar-refractivity contribution is 0.0979. The molecule has 0 N–H and O–H groups in total. The highest BCUT2D eigenvalue weighted by Crippen LogP contribution is 2.08. The molecule has 1 aromatic carbocycles. The minimum atomic E-state index is -2.86. The van der Waals surface area contributed by atoms with Gasteiger partial charge in [-0.2, -0.15) is 0 Å². The third kappa shape index (κ3) is 6.22. The fourth-order valence-corrected chi connectivity index (χ4v) is 2.32. The number of carbonyl (C=O) groups is 1. The molecule has 0 amide bonds. The second-order valence-corrected chi connectivity index (χ2v) is 6.49. The molecule has 17 heavy (non-hydrogen) atoms. The van der Waals surface area contributed by atoms with E-state index >= 15 is 0 Å². The number of rotatable bonds is 7. The number of hydrogen-bond acceptors (Lipinski definition) is 3. The Hall–Kier alpha value is -1.16. The van der Waals surface area contributed by atoms with E-state index < -0.39 is 9.84 Å². The molecule has 0 aliphatic carbocycles. The van der Waals surface area contributed by atoms with Gasteiger partial charge in [-0.1, -0.05) is 36.8 Å². The molecule has 0 atom stereocenters. The molecule has 0 aromatic heterocycles. The number of Topliss-reactive ketones (excluding diaryl/α,β-unsaturated/α-hetero) is 1. The Bertz CT molecular complexity index is 449. The van der Waals surface area contributed by atoms with Crippen LogP contribution in [0.1, 0.15) is 36.0 Å². The van der Waals surface area contributed by atoms with Gasteiger partial charge in [-0.15, -0.1) is 0 Å². The lowest BCUT2D eigenvalue weighted by Gasteiger charge is -2.01. The summed E-state index contributed by atoms with van der Waals surface area (Å²) in [5.41, 5.74) is 0.732. The number of unbranched alkanes of at least 4 members (excludes halogenated alkanes) is 2. The van der Waals surface area contributed by atoms with Crippen LogP contribution in [0.15, 0.2) is 30.3 Å². The third-order valence-corrected chi connectivity index (χ3v) is 3.54. The SMILES string of the molecule is CS(=O)(=O)CCCCCC(=O)c1ccccc1. The zero-order valence-corrected chi connectivity index (χ0v) is 10.9. The quantitative estimate of drug-likeness (QED) is 0.555. The van der Waals surface area contributed by atoms with E-state index in [9.17, 15) is 13.2 Å². The molecule has 0 aliphatic heterocycles. The van der Waals surface area contributed by atoms with Crippen LogP contribution in [0.25, 0.3) is 0 Å². The molecule has 94 valence electrons. The first-order chi connectivity index (χ1) is 7.99. The summed E-state index contributed by atoms with van der Waals surface area (Å²) in [7, 11) is -2.86. The van der Waals surface area contributed by atoms with Gasteiger partial charge < -0.3 is 0 Å². The molecule has 0 fully saturated rings. The molecular formula is C13H18O3S. The van der Waals surface area contributed by atoms with E-state index in [-0.39, 0.29) is 11.5 Å². The van der Waals surface area contributed by atoms with Gasteiger partial charge in [-0.3, -0.25) is 4.79 Å². The number of hydrogen-bond donors (Lipinski definition) is 0. The van der Waals surface area contributed by atoms with Crippen molar-refractivity contribution < 1.29 is 13.2 Å². The monoisotopic (exact) mass is 254 g/mol. The second-order valence-electron chi connectivity index (χ2n) is 4.23. The van der Waals surface area contributed by atoms with Crippen molar-refractivity contribution in [3.63, 3.8) is 0 Å². The number of ketones is 1. The van der Waals surface area contributed by atoms with Crippen LogP contribution in [0.5, 0.6) is 0 Å². The summed E-state index contributed by atoms with van der Waals surface area (Å²) in [6, 6.07) is 9.17. The molecule has 0 saturated carbocycles. The van der Waals surface area contributed by atoms with Crippen molar-refractivity contribution in [1.82, 2.24) is 0 Å². The van der Waals surface area contributed by atoms with E-state index in [0.29, 0.717) is 12.8 Å². The first-order valence-corrected chi connectivity index (χ1v) is 7.81.